The summed E-state index contributed by atoms with van der Waals surface area (Å²) >= 11 is 0. The van der Waals surface area contributed by atoms with Crippen LogP contribution in [-0.4, -0.2) is 76.2 Å². The molecule has 0 saturated heterocycles. The number of aromatic amines is 1. The summed E-state index contributed by atoms with van der Waals surface area (Å²) in [6.45, 7) is 3.32. The Morgan fingerprint density at radius 2 is 1.68 bits per heavy atom. The number of carboxylic acids is 1. The summed E-state index contributed by atoms with van der Waals surface area (Å²) in [5.74, 6) is -3.65. The van der Waals surface area contributed by atoms with Crippen LogP contribution in [0.3, 0.4) is 0 Å². The molecule has 0 radical (unpaired) electrons. The number of rotatable bonds is 16. The van der Waals surface area contributed by atoms with Crippen LogP contribution in [-0.2, 0) is 25.6 Å². The van der Waals surface area contributed by atoms with Crippen LogP contribution in [0.5, 0.6) is 0 Å². The molecule has 12 nitrogen and oxygen atoms in total. The lowest BCUT2D eigenvalue weighted by molar-refractivity contribution is -0.142. The monoisotopic (exact) mass is 532 g/mol. The van der Waals surface area contributed by atoms with Crippen LogP contribution in [0.2, 0.25) is 0 Å². The van der Waals surface area contributed by atoms with Gasteiger partial charge in [-0.1, -0.05) is 44.9 Å². The number of nitrogens with one attached hydrogen (secondary N) is 4. The number of hydrogen-bond donors (Lipinski definition) is 8. The number of aliphatic hydroxyl groups is 1. The van der Waals surface area contributed by atoms with Crippen LogP contribution in [0, 0.1) is 5.92 Å². The van der Waals surface area contributed by atoms with E-state index in [4.69, 9.17) is 11.5 Å². The van der Waals surface area contributed by atoms with E-state index in [2.05, 4.69) is 20.9 Å². The molecular formula is C26H40N6O6. The number of amides is 3. The number of para-hydroxylation sites is 1. The van der Waals surface area contributed by atoms with Crippen molar-refractivity contribution in [3.8, 4) is 0 Å². The first-order chi connectivity index (χ1) is 18.1. The molecule has 3 amide bonds. The number of aliphatic hydroxyl groups excluding tert-OH is 1. The van der Waals surface area contributed by atoms with Crippen molar-refractivity contribution in [2.45, 2.75) is 70.1 Å². The average Bonchev–Trinajstić information content (AvgIpc) is 3.31. The van der Waals surface area contributed by atoms with E-state index in [1.54, 1.807) is 13.1 Å². The third-order valence-corrected chi connectivity index (χ3v) is 6.63. The Labute approximate surface area is 221 Å². The van der Waals surface area contributed by atoms with E-state index in [0.717, 1.165) is 16.5 Å². The molecule has 10 N–H and O–H groups in total. The Balaban J connectivity index is 2.09. The highest BCUT2D eigenvalue weighted by Crippen LogP contribution is 2.19. The van der Waals surface area contributed by atoms with Crippen molar-refractivity contribution in [1.82, 2.24) is 20.9 Å². The van der Waals surface area contributed by atoms with Gasteiger partial charge in [0.05, 0.1) is 12.6 Å². The maximum Gasteiger partial charge on any atom is 0.326 e. The SMILES string of the molecule is CCC(C)C(NC(=O)C(CO)NC(=O)C(N)CCCCN)C(=O)NC(Cc1c[nH]c2ccccc12)C(=O)O. The van der Waals surface area contributed by atoms with Crippen LogP contribution in [0.4, 0.5) is 0 Å². The molecular weight excluding hydrogens is 492 g/mol. The summed E-state index contributed by atoms with van der Waals surface area (Å²) in [6, 6.07) is 2.87. The molecule has 2 rings (SSSR count). The Kier molecular flexibility index (Phi) is 12.2. The van der Waals surface area contributed by atoms with Gasteiger partial charge in [-0.2, -0.15) is 0 Å². The summed E-state index contributed by atoms with van der Waals surface area (Å²) in [4.78, 5) is 53.6. The van der Waals surface area contributed by atoms with Gasteiger partial charge in [0, 0.05) is 23.5 Å². The van der Waals surface area contributed by atoms with Gasteiger partial charge in [0.15, 0.2) is 0 Å². The van der Waals surface area contributed by atoms with E-state index in [0.29, 0.717) is 32.2 Å². The molecule has 0 aliphatic heterocycles. The van der Waals surface area contributed by atoms with E-state index >= 15 is 0 Å². The number of carboxylic acid groups (broad SMARTS) is 1. The van der Waals surface area contributed by atoms with Crippen LogP contribution < -0.4 is 27.4 Å². The van der Waals surface area contributed by atoms with Crippen molar-refractivity contribution in [3.05, 3.63) is 36.0 Å². The minimum atomic E-state index is -1.33. The number of benzene rings is 1. The number of hydrogen-bond acceptors (Lipinski definition) is 7. The Bertz CT molecular complexity index is 1090. The fourth-order valence-corrected chi connectivity index (χ4v) is 4.05. The lowest BCUT2D eigenvalue weighted by Crippen LogP contribution is -2.59. The highest BCUT2D eigenvalue weighted by Gasteiger charge is 2.32. The third kappa shape index (κ3) is 8.54. The molecule has 1 aromatic heterocycles. The van der Waals surface area contributed by atoms with Gasteiger partial charge >= 0.3 is 5.97 Å². The maximum atomic E-state index is 13.2. The van der Waals surface area contributed by atoms with Crippen molar-refractivity contribution >= 4 is 34.6 Å². The number of fused-ring (bicyclic) bond motifs is 1. The highest BCUT2D eigenvalue weighted by atomic mass is 16.4. The van der Waals surface area contributed by atoms with Crippen molar-refractivity contribution in [2.75, 3.05) is 13.2 Å². The van der Waals surface area contributed by atoms with Crippen molar-refractivity contribution in [2.24, 2.45) is 17.4 Å². The largest absolute Gasteiger partial charge is 0.480 e. The predicted octanol–water partition coefficient (Wildman–Crippen LogP) is -0.256. The average molecular weight is 533 g/mol. The maximum absolute atomic E-state index is 13.2. The van der Waals surface area contributed by atoms with Crippen molar-refractivity contribution in [3.63, 3.8) is 0 Å². The highest BCUT2D eigenvalue weighted by molar-refractivity contribution is 5.94. The van der Waals surface area contributed by atoms with Gasteiger partial charge in [-0.25, -0.2) is 4.79 Å². The molecule has 38 heavy (non-hydrogen) atoms. The molecule has 1 heterocycles. The molecule has 0 spiro atoms. The zero-order valence-electron chi connectivity index (χ0n) is 21.9. The summed E-state index contributed by atoms with van der Waals surface area (Å²) in [6.07, 6.45) is 3.95. The number of nitrogens with two attached hydrogens (primary N) is 2. The normalized spacial score (nSPS) is 15.2. The lowest BCUT2D eigenvalue weighted by atomic mass is 9.97. The Hall–Kier alpha value is -3.48. The second kappa shape index (κ2) is 15.1. The van der Waals surface area contributed by atoms with E-state index in [9.17, 15) is 29.4 Å². The molecule has 5 unspecified atom stereocenters. The first kappa shape index (κ1) is 30.7. The topological polar surface area (TPSA) is 213 Å². The van der Waals surface area contributed by atoms with Gasteiger partial charge in [0.25, 0.3) is 0 Å². The Morgan fingerprint density at radius 3 is 2.32 bits per heavy atom. The first-order valence-corrected chi connectivity index (χ1v) is 12.9. The minimum absolute atomic E-state index is 0.0314. The molecule has 0 saturated carbocycles. The molecule has 0 bridgehead atoms. The van der Waals surface area contributed by atoms with Gasteiger partial charge in [-0.05, 0) is 36.9 Å². The lowest BCUT2D eigenvalue weighted by Gasteiger charge is -2.27. The van der Waals surface area contributed by atoms with E-state index in [1.165, 1.54) is 0 Å². The van der Waals surface area contributed by atoms with Crippen molar-refractivity contribution in [1.29, 1.82) is 0 Å². The van der Waals surface area contributed by atoms with E-state index in [1.807, 2.05) is 31.2 Å². The quantitative estimate of drug-likeness (QED) is 0.135. The number of H-pyrrole nitrogens is 1. The summed E-state index contributed by atoms with van der Waals surface area (Å²) in [7, 11) is 0. The van der Waals surface area contributed by atoms with Gasteiger partial charge in [-0.3, -0.25) is 14.4 Å². The summed E-state index contributed by atoms with van der Waals surface area (Å²) < 4.78 is 0. The van der Waals surface area contributed by atoms with E-state index in [-0.39, 0.29) is 12.3 Å². The zero-order chi connectivity index (χ0) is 28.2. The van der Waals surface area contributed by atoms with E-state index < -0.39 is 54.5 Å². The molecule has 0 aliphatic rings. The predicted molar refractivity (Wildman–Crippen MR) is 143 cm³/mol. The minimum Gasteiger partial charge on any atom is -0.480 e. The number of carbonyl (C=O) groups is 4. The number of aliphatic carboxylic acids is 1. The summed E-state index contributed by atoms with van der Waals surface area (Å²) in [5, 5.41) is 27.9. The van der Waals surface area contributed by atoms with Gasteiger partial charge in [-0.15, -0.1) is 0 Å². The second-order valence-electron chi connectivity index (χ2n) is 9.47. The number of carbonyl (C=O) groups excluding carboxylic acids is 3. The molecule has 2 aromatic rings. The van der Waals surface area contributed by atoms with Crippen LogP contribution in [0.1, 0.15) is 45.1 Å². The standard InChI is InChI=1S/C26H40N6O6/c1-3-15(2)22(32-24(35)21(14-33)31-23(34)18(28)9-6-7-11-27)25(36)30-20(26(37)38)12-16-13-29-19-10-5-4-8-17(16)19/h4-5,8,10,13,15,18,20-22,29,33H,3,6-7,9,11-12,14,27-28H2,1-2H3,(H,30,36)(H,31,34)(H,32,35)(H,37,38). The summed E-state index contributed by atoms with van der Waals surface area (Å²) in [5.41, 5.74) is 12.9. The molecule has 0 aliphatic carbocycles. The van der Waals surface area contributed by atoms with Gasteiger partial charge in [0.1, 0.15) is 18.1 Å². The fourth-order valence-electron chi connectivity index (χ4n) is 4.05. The van der Waals surface area contributed by atoms with Crippen LogP contribution >= 0.6 is 0 Å². The fraction of sp³-hybridized carbons (Fsp3) is 0.538. The van der Waals surface area contributed by atoms with Crippen LogP contribution in [0.15, 0.2) is 30.5 Å². The Morgan fingerprint density at radius 1 is 1.00 bits per heavy atom. The zero-order valence-corrected chi connectivity index (χ0v) is 21.9. The first-order valence-electron chi connectivity index (χ1n) is 12.9. The molecule has 210 valence electrons. The molecule has 0 fully saturated rings. The second-order valence-corrected chi connectivity index (χ2v) is 9.47. The smallest absolute Gasteiger partial charge is 0.326 e. The van der Waals surface area contributed by atoms with Crippen molar-refractivity contribution < 1.29 is 29.4 Å². The molecule has 1 aromatic carbocycles. The van der Waals surface area contributed by atoms with Crippen LogP contribution in [0.25, 0.3) is 10.9 Å². The number of unbranched alkanes of at least 4 members (excludes halogenated alkanes) is 1. The molecule has 5 atom stereocenters. The number of aromatic nitrogens is 1. The van der Waals surface area contributed by atoms with Gasteiger partial charge < -0.3 is 42.6 Å². The third-order valence-electron chi connectivity index (χ3n) is 6.63. The van der Waals surface area contributed by atoms with Gasteiger partial charge in [0.2, 0.25) is 17.7 Å². The molecule has 12 heteroatoms.